The summed E-state index contributed by atoms with van der Waals surface area (Å²) in [4.78, 5) is 12.5. The lowest BCUT2D eigenvalue weighted by atomic mass is 9.97. The van der Waals surface area contributed by atoms with Gasteiger partial charge in [0.2, 0.25) is 15.9 Å². The minimum absolute atomic E-state index is 0. The number of nitrogens with two attached hydrogens (primary N) is 1. The highest BCUT2D eigenvalue weighted by Gasteiger charge is 2.33. The molecule has 2 fully saturated rings. The Kier molecular flexibility index (Phi) is 7.07. The van der Waals surface area contributed by atoms with E-state index in [-0.39, 0.29) is 34.8 Å². The summed E-state index contributed by atoms with van der Waals surface area (Å²) in [6, 6.07) is 6.87. The van der Waals surface area contributed by atoms with E-state index < -0.39 is 10.0 Å². The molecule has 2 aliphatic rings. The molecule has 0 bridgehead atoms. The molecule has 146 valence electrons. The van der Waals surface area contributed by atoms with Crippen molar-refractivity contribution in [2.45, 2.75) is 67.8 Å². The van der Waals surface area contributed by atoms with Crippen LogP contribution in [0, 0.1) is 0 Å². The van der Waals surface area contributed by atoms with Crippen molar-refractivity contribution in [1.29, 1.82) is 0 Å². The number of carbonyl (C=O) groups excluding carboxylic acids is 1. The van der Waals surface area contributed by atoms with Gasteiger partial charge in [0.15, 0.2) is 0 Å². The number of nitrogens with one attached hydrogen (secondary N) is 2. The molecule has 1 aromatic carbocycles. The van der Waals surface area contributed by atoms with Gasteiger partial charge in [-0.25, -0.2) is 13.1 Å². The summed E-state index contributed by atoms with van der Waals surface area (Å²) < 4.78 is 26.9. The van der Waals surface area contributed by atoms with Crippen molar-refractivity contribution in [2.24, 2.45) is 5.73 Å². The Labute approximate surface area is 161 Å². The van der Waals surface area contributed by atoms with Crippen molar-refractivity contribution < 1.29 is 13.2 Å². The van der Waals surface area contributed by atoms with Gasteiger partial charge in [0.05, 0.1) is 10.4 Å². The molecule has 2 saturated carbocycles. The SMILES string of the molecule is Cl.NCC1(NC(=O)CCc2ccc(S(=O)(=O)NC3CC3)cc2)CCCC1. The predicted molar refractivity (Wildman–Crippen MR) is 104 cm³/mol. The Bertz CT molecular complexity index is 712. The van der Waals surface area contributed by atoms with Crippen molar-refractivity contribution >= 4 is 28.3 Å². The first-order chi connectivity index (χ1) is 11.9. The van der Waals surface area contributed by atoms with Crippen molar-refractivity contribution in [3.63, 3.8) is 0 Å². The molecule has 0 radical (unpaired) electrons. The Hall–Kier alpha value is -1.15. The highest BCUT2D eigenvalue weighted by Crippen LogP contribution is 2.28. The van der Waals surface area contributed by atoms with Crippen molar-refractivity contribution in [1.82, 2.24) is 10.0 Å². The Balaban J connectivity index is 0.00000243. The molecular formula is C18H28ClN3O3S. The van der Waals surface area contributed by atoms with Gasteiger partial charge in [0.25, 0.3) is 0 Å². The van der Waals surface area contributed by atoms with Crippen LogP contribution < -0.4 is 15.8 Å². The minimum Gasteiger partial charge on any atom is -0.349 e. The number of rotatable bonds is 8. The van der Waals surface area contributed by atoms with Crippen LogP contribution in [0.5, 0.6) is 0 Å². The fourth-order valence-corrected chi connectivity index (χ4v) is 4.68. The third kappa shape index (κ3) is 5.42. The van der Waals surface area contributed by atoms with E-state index in [1.807, 2.05) is 0 Å². The van der Waals surface area contributed by atoms with Crippen molar-refractivity contribution in [2.75, 3.05) is 6.54 Å². The van der Waals surface area contributed by atoms with E-state index >= 15 is 0 Å². The molecule has 0 heterocycles. The average Bonchev–Trinajstić information content (AvgIpc) is 3.28. The fourth-order valence-electron chi connectivity index (χ4n) is 3.37. The minimum atomic E-state index is -3.42. The molecule has 3 rings (SSSR count). The summed E-state index contributed by atoms with van der Waals surface area (Å²) in [5.41, 5.74) is 6.58. The van der Waals surface area contributed by atoms with Gasteiger partial charge in [-0.05, 0) is 49.8 Å². The first-order valence-electron chi connectivity index (χ1n) is 9.05. The summed E-state index contributed by atoms with van der Waals surface area (Å²) in [6.45, 7) is 0.485. The number of sulfonamides is 1. The van der Waals surface area contributed by atoms with Crippen LogP contribution in [0.3, 0.4) is 0 Å². The lowest BCUT2D eigenvalue weighted by Crippen LogP contribution is -2.51. The van der Waals surface area contributed by atoms with Crippen LogP contribution in [0.15, 0.2) is 29.2 Å². The highest BCUT2D eigenvalue weighted by molar-refractivity contribution is 7.89. The molecular weight excluding hydrogens is 374 g/mol. The second-order valence-corrected chi connectivity index (χ2v) is 8.99. The summed E-state index contributed by atoms with van der Waals surface area (Å²) >= 11 is 0. The average molecular weight is 402 g/mol. The molecule has 0 aliphatic heterocycles. The summed E-state index contributed by atoms with van der Waals surface area (Å²) in [7, 11) is -3.42. The van der Waals surface area contributed by atoms with Crippen molar-refractivity contribution in [3.05, 3.63) is 29.8 Å². The van der Waals surface area contributed by atoms with Crippen LogP contribution >= 0.6 is 12.4 Å². The van der Waals surface area contributed by atoms with Crippen LogP contribution in [-0.2, 0) is 21.2 Å². The van der Waals surface area contributed by atoms with Gasteiger partial charge in [-0.15, -0.1) is 12.4 Å². The molecule has 0 saturated heterocycles. The predicted octanol–water partition coefficient (Wildman–Crippen LogP) is 1.87. The molecule has 2 aliphatic carbocycles. The largest absolute Gasteiger partial charge is 0.349 e. The first kappa shape index (κ1) is 21.2. The summed E-state index contributed by atoms with van der Waals surface area (Å²) in [6.07, 6.45) is 6.93. The van der Waals surface area contributed by atoms with E-state index in [0.717, 1.165) is 44.1 Å². The summed E-state index contributed by atoms with van der Waals surface area (Å²) in [5.74, 6) is 0.0134. The first-order valence-corrected chi connectivity index (χ1v) is 10.5. The quantitative estimate of drug-likeness (QED) is 0.618. The topological polar surface area (TPSA) is 101 Å². The fraction of sp³-hybridized carbons (Fsp3) is 0.611. The maximum Gasteiger partial charge on any atom is 0.240 e. The van der Waals surface area contributed by atoms with Gasteiger partial charge < -0.3 is 11.1 Å². The van der Waals surface area contributed by atoms with E-state index in [4.69, 9.17) is 5.73 Å². The Morgan fingerprint density at radius 2 is 1.77 bits per heavy atom. The standard InChI is InChI=1S/C18H27N3O3S.ClH/c19-13-18(11-1-2-12-18)20-17(22)10-5-14-3-8-16(9-4-14)25(23,24)21-15-6-7-15;/h3-4,8-9,15,21H,1-2,5-7,10-13,19H2,(H,20,22);1H. The third-order valence-electron chi connectivity index (χ3n) is 5.13. The zero-order chi connectivity index (χ0) is 17.9. The van der Waals surface area contributed by atoms with E-state index in [1.165, 1.54) is 0 Å². The highest BCUT2D eigenvalue weighted by atomic mass is 35.5. The Morgan fingerprint density at radius 3 is 2.31 bits per heavy atom. The zero-order valence-electron chi connectivity index (χ0n) is 14.9. The van der Waals surface area contributed by atoms with Gasteiger partial charge in [-0.2, -0.15) is 0 Å². The van der Waals surface area contributed by atoms with E-state index in [9.17, 15) is 13.2 Å². The number of aryl methyl sites for hydroxylation is 1. The van der Waals surface area contributed by atoms with Crippen LogP contribution in [-0.4, -0.2) is 32.5 Å². The normalized spacial score (nSPS) is 19.0. The van der Waals surface area contributed by atoms with Gasteiger partial charge >= 0.3 is 0 Å². The van der Waals surface area contributed by atoms with Crippen molar-refractivity contribution in [3.8, 4) is 0 Å². The smallest absolute Gasteiger partial charge is 0.240 e. The van der Waals surface area contributed by atoms with E-state index in [2.05, 4.69) is 10.0 Å². The zero-order valence-corrected chi connectivity index (χ0v) is 16.5. The molecule has 0 atom stereocenters. The van der Waals surface area contributed by atoms with Gasteiger partial charge in [-0.1, -0.05) is 25.0 Å². The molecule has 1 aromatic rings. The van der Waals surface area contributed by atoms with Crippen LogP contribution in [0.25, 0.3) is 0 Å². The van der Waals surface area contributed by atoms with Crippen LogP contribution in [0.2, 0.25) is 0 Å². The Morgan fingerprint density at radius 1 is 1.15 bits per heavy atom. The van der Waals surface area contributed by atoms with Crippen LogP contribution in [0.4, 0.5) is 0 Å². The van der Waals surface area contributed by atoms with E-state index in [1.54, 1.807) is 24.3 Å². The number of benzene rings is 1. The second kappa shape index (κ2) is 8.69. The number of hydrogen-bond donors (Lipinski definition) is 3. The lowest BCUT2D eigenvalue weighted by molar-refractivity contribution is -0.122. The maximum atomic E-state index is 12.2. The second-order valence-electron chi connectivity index (χ2n) is 7.28. The lowest BCUT2D eigenvalue weighted by Gasteiger charge is -2.28. The number of hydrogen-bond acceptors (Lipinski definition) is 4. The molecule has 0 spiro atoms. The number of halogens is 1. The number of carbonyl (C=O) groups is 1. The molecule has 4 N–H and O–H groups in total. The molecule has 26 heavy (non-hydrogen) atoms. The monoisotopic (exact) mass is 401 g/mol. The van der Waals surface area contributed by atoms with Gasteiger partial charge in [0.1, 0.15) is 0 Å². The third-order valence-corrected chi connectivity index (χ3v) is 6.67. The molecule has 6 nitrogen and oxygen atoms in total. The maximum absolute atomic E-state index is 12.2. The number of amides is 1. The van der Waals surface area contributed by atoms with Gasteiger partial charge in [0, 0.05) is 19.0 Å². The van der Waals surface area contributed by atoms with E-state index in [0.29, 0.717) is 19.4 Å². The summed E-state index contributed by atoms with van der Waals surface area (Å²) in [5, 5.41) is 3.11. The van der Waals surface area contributed by atoms with Gasteiger partial charge in [-0.3, -0.25) is 4.79 Å². The molecule has 1 amide bonds. The molecule has 0 aromatic heterocycles. The van der Waals surface area contributed by atoms with Crippen LogP contribution in [0.1, 0.15) is 50.5 Å². The molecule has 0 unspecified atom stereocenters. The molecule has 8 heteroatoms.